The summed E-state index contributed by atoms with van der Waals surface area (Å²) in [5.74, 6) is 1.16. The van der Waals surface area contributed by atoms with Crippen molar-refractivity contribution in [2.75, 3.05) is 9.80 Å². The first-order valence-corrected chi connectivity index (χ1v) is 23.0. The molecule has 7 heteroatoms. The van der Waals surface area contributed by atoms with Crippen LogP contribution in [0.3, 0.4) is 0 Å². The number of hydrogen-bond donors (Lipinski definition) is 0. The Morgan fingerprint density at radius 3 is 1.46 bits per heavy atom. The maximum absolute atomic E-state index is 7.28. The molecule has 0 saturated carbocycles. The van der Waals surface area contributed by atoms with E-state index in [1.807, 2.05) is 66.7 Å². The second-order valence-electron chi connectivity index (χ2n) is 17.0. The van der Waals surface area contributed by atoms with Crippen LogP contribution in [-0.4, -0.2) is 9.97 Å². The second-order valence-corrected chi connectivity index (χ2v) is 17.0. The number of fused-ring (bicyclic) bond motifs is 5. The molecule has 0 bridgehead atoms. The number of para-hydroxylation sites is 7. The summed E-state index contributed by atoms with van der Waals surface area (Å²) in [6.45, 7) is 0. The SMILES string of the molecule is c1ccc(-c2cc(-c3cccc(N(c4ccccc4)c4ccc(-c5nc6ccccc6o5)cc4)c3)c3oc4c(N(c5ccccc5)c5cccc(-c6nc7ccccc7o6)c5)cccc4c3c2)cc1. The van der Waals surface area contributed by atoms with Crippen LogP contribution in [0.5, 0.6) is 0 Å². The van der Waals surface area contributed by atoms with Crippen LogP contribution in [0.1, 0.15) is 0 Å². The highest BCUT2D eigenvalue weighted by Crippen LogP contribution is 2.47. The van der Waals surface area contributed by atoms with Crippen molar-refractivity contribution in [2.24, 2.45) is 0 Å². The topological polar surface area (TPSA) is 71.7 Å². The zero-order chi connectivity index (χ0) is 45.7. The third-order valence-corrected chi connectivity index (χ3v) is 12.7. The van der Waals surface area contributed by atoms with Gasteiger partial charge in [-0.15, -0.1) is 0 Å². The molecule has 3 heterocycles. The molecule has 13 rings (SSSR count). The fourth-order valence-electron chi connectivity index (χ4n) is 9.44. The van der Waals surface area contributed by atoms with E-state index in [0.717, 1.165) is 112 Å². The van der Waals surface area contributed by atoms with Gasteiger partial charge in [-0.1, -0.05) is 121 Å². The van der Waals surface area contributed by atoms with E-state index >= 15 is 0 Å². The first-order valence-electron chi connectivity index (χ1n) is 23.0. The number of rotatable bonds is 10. The summed E-state index contributed by atoms with van der Waals surface area (Å²) in [7, 11) is 0. The van der Waals surface area contributed by atoms with Crippen molar-refractivity contribution in [1.29, 1.82) is 0 Å². The highest BCUT2D eigenvalue weighted by Gasteiger charge is 2.23. The molecule has 13 aromatic rings. The largest absolute Gasteiger partial charge is 0.453 e. The Labute approximate surface area is 397 Å². The van der Waals surface area contributed by atoms with Crippen molar-refractivity contribution in [1.82, 2.24) is 9.97 Å². The first kappa shape index (κ1) is 39.9. The van der Waals surface area contributed by atoms with Crippen molar-refractivity contribution in [3.05, 3.63) is 243 Å². The molecule has 0 fully saturated rings. The van der Waals surface area contributed by atoms with Crippen LogP contribution in [0.15, 0.2) is 256 Å². The van der Waals surface area contributed by atoms with Gasteiger partial charge in [0.1, 0.15) is 16.6 Å². The first-order chi connectivity index (χ1) is 34.2. The number of anilines is 6. The van der Waals surface area contributed by atoms with Gasteiger partial charge in [0, 0.05) is 55.9 Å². The molecular weight excluding hydrogens is 849 g/mol. The Balaban J connectivity index is 0.967. The summed E-state index contributed by atoms with van der Waals surface area (Å²) in [6.07, 6.45) is 0. The molecule has 0 atom stereocenters. The molecular formula is C62H40N4O3. The fraction of sp³-hybridized carbons (Fsp3) is 0. The van der Waals surface area contributed by atoms with Gasteiger partial charge in [0.05, 0.1) is 5.69 Å². The average Bonchev–Trinajstić information content (AvgIpc) is 4.16. The predicted molar refractivity (Wildman–Crippen MR) is 280 cm³/mol. The summed E-state index contributed by atoms with van der Waals surface area (Å²) < 4.78 is 19.7. The van der Waals surface area contributed by atoms with Crippen LogP contribution >= 0.6 is 0 Å². The summed E-state index contributed by atoms with van der Waals surface area (Å²) in [5.41, 5.74) is 16.6. The third-order valence-electron chi connectivity index (χ3n) is 12.7. The Hall–Kier alpha value is -9.46. The van der Waals surface area contributed by atoms with Gasteiger partial charge in [-0.3, -0.25) is 0 Å². The summed E-state index contributed by atoms with van der Waals surface area (Å²) in [4.78, 5) is 14.1. The van der Waals surface area contributed by atoms with Crippen LogP contribution in [0.25, 0.3) is 89.3 Å². The van der Waals surface area contributed by atoms with Gasteiger partial charge < -0.3 is 23.1 Å². The van der Waals surface area contributed by atoms with Crippen molar-refractivity contribution < 1.29 is 13.3 Å². The highest BCUT2D eigenvalue weighted by atomic mass is 16.4. The molecule has 69 heavy (non-hydrogen) atoms. The zero-order valence-electron chi connectivity index (χ0n) is 37.1. The molecule has 0 aliphatic rings. The Bertz CT molecular complexity index is 3910. The normalized spacial score (nSPS) is 11.5. The number of oxazole rings is 2. The van der Waals surface area contributed by atoms with Crippen molar-refractivity contribution in [3.8, 4) is 45.2 Å². The minimum absolute atomic E-state index is 0.566. The van der Waals surface area contributed by atoms with Crippen LogP contribution in [0, 0.1) is 0 Å². The van der Waals surface area contributed by atoms with E-state index in [4.69, 9.17) is 23.2 Å². The van der Waals surface area contributed by atoms with E-state index in [-0.39, 0.29) is 0 Å². The van der Waals surface area contributed by atoms with Crippen molar-refractivity contribution in [2.45, 2.75) is 0 Å². The van der Waals surface area contributed by atoms with E-state index in [1.165, 1.54) is 0 Å². The van der Waals surface area contributed by atoms with Crippen LogP contribution < -0.4 is 9.80 Å². The number of aromatic nitrogens is 2. The monoisotopic (exact) mass is 888 g/mol. The van der Waals surface area contributed by atoms with E-state index < -0.39 is 0 Å². The third kappa shape index (κ3) is 7.26. The lowest BCUT2D eigenvalue weighted by Gasteiger charge is -2.26. The lowest BCUT2D eigenvalue weighted by atomic mass is 9.95. The molecule has 3 aromatic heterocycles. The minimum atomic E-state index is 0.566. The smallest absolute Gasteiger partial charge is 0.227 e. The van der Waals surface area contributed by atoms with Crippen LogP contribution in [0.2, 0.25) is 0 Å². The lowest BCUT2D eigenvalue weighted by Crippen LogP contribution is -2.10. The molecule has 0 saturated heterocycles. The number of nitrogens with zero attached hydrogens (tertiary/aromatic N) is 4. The number of hydrogen-bond acceptors (Lipinski definition) is 7. The molecule has 7 nitrogen and oxygen atoms in total. The van der Waals surface area contributed by atoms with Crippen molar-refractivity contribution >= 4 is 78.3 Å². The van der Waals surface area contributed by atoms with Gasteiger partial charge in [0.25, 0.3) is 0 Å². The quantitative estimate of drug-likeness (QED) is 0.135. The van der Waals surface area contributed by atoms with Crippen molar-refractivity contribution in [3.63, 3.8) is 0 Å². The van der Waals surface area contributed by atoms with Gasteiger partial charge in [-0.05, 0) is 138 Å². The molecule has 0 amide bonds. The minimum Gasteiger partial charge on any atom is -0.453 e. The predicted octanol–water partition coefficient (Wildman–Crippen LogP) is 17.5. The standard InChI is InChI=1S/C62H40N4O3/c1-4-17-41(18-5-1)45-39-52(43-19-14-25-49(37-43)65(46-21-6-2-7-22-46)48-35-33-42(34-36-48)61-63-54-28-10-12-31-57(54)67-61)59-53(40-45)51-27-16-30-56(60(51)69-59)66(47-23-8-3-9-24-47)50-26-15-20-44(38-50)62-64-55-29-11-13-32-58(55)68-62/h1-40H. The molecule has 10 aromatic carbocycles. The molecule has 0 N–H and O–H groups in total. The van der Waals surface area contributed by atoms with Gasteiger partial charge in [-0.2, -0.15) is 0 Å². The van der Waals surface area contributed by atoms with Crippen LogP contribution in [-0.2, 0) is 0 Å². The molecule has 0 spiro atoms. The van der Waals surface area contributed by atoms with Gasteiger partial charge in [-0.25, -0.2) is 9.97 Å². The number of benzene rings is 10. The van der Waals surface area contributed by atoms with E-state index in [0.29, 0.717) is 11.8 Å². The van der Waals surface area contributed by atoms with Gasteiger partial charge in [0.2, 0.25) is 11.8 Å². The Kier molecular flexibility index (Phi) is 9.68. The average molecular weight is 889 g/mol. The van der Waals surface area contributed by atoms with Gasteiger partial charge in [0.15, 0.2) is 16.7 Å². The molecule has 0 unspecified atom stereocenters. The molecule has 0 radical (unpaired) electrons. The number of furan rings is 1. The molecule has 0 aliphatic carbocycles. The summed E-state index contributed by atoms with van der Waals surface area (Å²) in [5, 5.41) is 2.04. The Morgan fingerprint density at radius 1 is 0.290 bits per heavy atom. The fourth-order valence-corrected chi connectivity index (χ4v) is 9.44. The maximum atomic E-state index is 7.28. The molecule has 326 valence electrons. The molecule has 0 aliphatic heterocycles. The highest BCUT2D eigenvalue weighted by molar-refractivity contribution is 6.15. The summed E-state index contributed by atoms with van der Waals surface area (Å²) >= 11 is 0. The maximum Gasteiger partial charge on any atom is 0.227 e. The van der Waals surface area contributed by atoms with Gasteiger partial charge >= 0.3 is 0 Å². The van der Waals surface area contributed by atoms with E-state index in [2.05, 4.69) is 186 Å². The van der Waals surface area contributed by atoms with Crippen LogP contribution in [0.4, 0.5) is 34.1 Å². The van der Waals surface area contributed by atoms with E-state index in [1.54, 1.807) is 0 Å². The lowest BCUT2D eigenvalue weighted by molar-refractivity contribution is 0.619. The Morgan fingerprint density at radius 2 is 0.797 bits per heavy atom. The van der Waals surface area contributed by atoms with E-state index in [9.17, 15) is 0 Å². The second kappa shape index (κ2) is 16.8. The zero-order valence-corrected chi connectivity index (χ0v) is 37.1. The summed E-state index contributed by atoms with van der Waals surface area (Å²) in [6, 6.07) is 83.6.